The zero-order chi connectivity index (χ0) is 11.2. The first-order valence-electron chi connectivity index (χ1n) is 6.11. The molecule has 1 aromatic rings. The summed E-state index contributed by atoms with van der Waals surface area (Å²) < 4.78 is 5.68. The molecule has 1 saturated heterocycles. The molecule has 0 bridgehead atoms. The van der Waals surface area contributed by atoms with Crippen LogP contribution < -0.4 is 10.1 Å². The number of ether oxygens (including phenoxy) is 1. The molecule has 0 aliphatic carbocycles. The first-order chi connectivity index (χ1) is 7.84. The summed E-state index contributed by atoms with van der Waals surface area (Å²) in [6, 6.07) is 3.98. The van der Waals surface area contributed by atoms with E-state index in [-0.39, 0.29) is 0 Å². The molecule has 1 aliphatic heterocycles. The predicted molar refractivity (Wildman–Crippen MR) is 64.7 cm³/mol. The van der Waals surface area contributed by atoms with Crippen molar-refractivity contribution in [2.24, 2.45) is 5.92 Å². The van der Waals surface area contributed by atoms with Gasteiger partial charge in [-0.1, -0.05) is 0 Å². The third kappa shape index (κ3) is 3.49. The van der Waals surface area contributed by atoms with Crippen molar-refractivity contribution >= 4 is 0 Å². The van der Waals surface area contributed by atoms with Crippen LogP contribution in [-0.2, 0) is 0 Å². The van der Waals surface area contributed by atoms with Crippen molar-refractivity contribution in [1.29, 1.82) is 0 Å². The van der Waals surface area contributed by atoms with Crippen LogP contribution in [0.5, 0.6) is 5.75 Å². The second-order valence-electron chi connectivity index (χ2n) is 4.47. The van der Waals surface area contributed by atoms with Gasteiger partial charge in [0.15, 0.2) is 0 Å². The molecule has 0 amide bonds. The zero-order valence-corrected chi connectivity index (χ0v) is 9.91. The van der Waals surface area contributed by atoms with Crippen molar-refractivity contribution in [3.8, 4) is 5.75 Å². The van der Waals surface area contributed by atoms with E-state index < -0.39 is 0 Å². The Balaban J connectivity index is 1.69. The van der Waals surface area contributed by atoms with Gasteiger partial charge in [-0.25, -0.2) is 0 Å². The SMILES string of the molecule is Cc1ccc(OCCC2CCNCC2)cn1. The zero-order valence-electron chi connectivity index (χ0n) is 9.91. The highest BCUT2D eigenvalue weighted by Gasteiger charge is 2.12. The van der Waals surface area contributed by atoms with Crippen molar-refractivity contribution in [2.75, 3.05) is 19.7 Å². The van der Waals surface area contributed by atoms with Gasteiger partial charge in [0.2, 0.25) is 0 Å². The number of rotatable bonds is 4. The summed E-state index contributed by atoms with van der Waals surface area (Å²) in [7, 11) is 0. The van der Waals surface area contributed by atoms with Crippen molar-refractivity contribution in [2.45, 2.75) is 26.2 Å². The maximum absolute atomic E-state index is 5.68. The summed E-state index contributed by atoms with van der Waals surface area (Å²) >= 11 is 0. The molecular weight excluding hydrogens is 200 g/mol. The fourth-order valence-electron chi connectivity index (χ4n) is 2.05. The maximum Gasteiger partial charge on any atom is 0.137 e. The molecule has 16 heavy (non-hydrogen) atoms. The van der Waals surface area contributed by atoms with Crippen LogP contribution in [0.3, 0.4) is 0 Å². The lowest BCUT2D eigenvalue weighted by atomic mass is 9.95. The van der Waals surface area contributed by atoms with E-state index in [9.17, 15) is 0 Å². The Morgan fingerprint density at radius 3 is 2.88 bits per heavy atom. The summed E-state index contributed by atoms with van der Waals surface area (Å²) in [4.78, 5) is 4.21. The van der Waals surface area contributed by atoms with Gasteiger partial charge in [-0.2, -0.15) is 0 Å². The molecule has 0 unspecified atom stereocenters. The molecule has 2 rings (SSSR count). The number of aryl methyl sites for hydroxylation is 1. The van der Waals surface area contributed by atoms with E-state index in [4.69, 9.17) is 4.74 Å². The van der Waals surface area contributed by atoms with Crippen LogP contribution in [0.2, 0.25) is 0 Å². The van der Waals surface area contributed by atoms with Crippen LogP contribution in [0, 0.1) is 12.8 Å². The Morgan fingerprint density at radius 2 is 2.19 bits per heavy atom. The normalized spacial score (nSPS) is 17.3. The van der Waals surface area contributed by atoms with E-state index >= 15 is 0 Å². The fourth-order valence-corrected chi connectivity index (χ4v) is 2.05. The number of hydrogen-bond donors (Lipinski definition) is 1. The van der Waals surface area contributed by atoms with Gasteiger partial charge in [-0.05, 0) is 57.3 Å². The molecule has 88 valence electrons. The molecular formula is C13H20N2O. The standard InChI is InChI=1S/C13H20N2O/c1-11-2-3-13(10-15-11)16-9-6-12-4-7-14-8-5-12/h2-3,10,12,14H,4-9H2,1H3. The number of pyridine rings is 1. The lowest BCUT2D eigenvalue weighted by Gasteiger charge is -2.22. The third-order valence-corrected chi connectivity index (χ3v) is 3.14. The average molecular weight is 220 g/mol. The molecule has 3 nitrogen and oxygen atoms in total. The number of aromatic nitrogens is 1. The molecule has 2 heterocycles. The monoisotopic (exact) mass is 220 g/mol. The third-order valence-electron chi connectivity index (χ3n) is 3.14. The van der Waals surface area contributed by atoms with Gasteiger partial charge in [0.1, 0.15) is 5.75 Å². The smallest absolute Gasteiger partial charge is 0.137 e. The first-order valence-corrected chi connectivity index (χ1v) is 6.11. The number of piperidine rings is 1. The summed E-state index contributed by atoms with van der Waals surface area (Å²) in [6.07, 6.45) is 5.54. The summed E-state index contributed by atoms with van der Waals surface area (Å²) in [6.45, 7) is 5.13. The molecule has 1 N–H and O–H groups in total. The molecule has 0 atom stereocenters. The second kappa shape index (κ2) is 5.85. The summed E-state index contributed by atoms with van der Waals surface area (Å²) in [5.41, 5.74) is 1.03. The molecule has 1 aromatic heterocycles. The summed E-state index contributed by atoms with van der Waals surface area (Å²) in [5.74, 6) is 1.72. The van der Waals surface area contributed by atoms with Gasteiger partial charge in [0, 0.05) is 5.69 Å². The van der Waals surface area contributed by atoms with Crippen molar-refractivity contribution in [3.63, 3.8) is 0 Å². The molecule has 1 fully saturated rings. The van der Waals surface area contributed by atoms with E-state index in [2.05, 4.69) is 10.3 Å². The molecule has 0 radical (unpaired) electrons. The minimum atomic E-state index is 0.815. The van der Waals surface area contributed by atoms with E-state index in [1.54, 1.807) is 6.20 Å². The highest BCUT2D eigenvalue weighted by molar-refractivity contribution is 5.18. The minimum Gasteiger partial charge on any atom is -0.492 e. The number of nitrogens with zero attached hydrogens (tertiary/aromatic N) is 1. The second-order valence-corrected chi connectivity index (χ2v) is 4.47. The molecule has 0 spiro atoms. The van der Waals surface area contributed by atoms with E-state index in [1.165, 1.54) is 12.8 Å². The average Bonchev–Trinajstić information content (AvgIpc) is 2.33. The Labute approximate surface area is 97.2 Å². The van der Waals surface area contributed by atoms with Crippen LogP contribution in [0.4, 0.5) is 0 Å². The Kier molecular flexibility index (Phi) is 4.17. The van der Waals surface area contributed by atoms with Crippen molar-refractivity contribution in [1.82, 2.24) is 10.3 Å². The molecule has 3 heteroatoms. The van der Waals surface area contributed by atoms with Gasteiger partial charge in [0.05, 0.1) is 12.8 Å². The number of nitrogens with one attached hydrogen (secondary N) is 1. The van der Waals surface area contributed by atoms with Crippen LogP contribution in [-0.4, -0.2) is 24.7 Å². The lowest BCUT2D eigenvalue weighted by molar-refractivity contribution is 0.251. The van der Waals surface area contributed by atoms with Crippen LogP contribution in [0.15, 0.2) is 18.3 Å². The molecule has 1 aliphatic rings. The van der Waals surface area contributed by atoms with E-state index in [0.29, 0.717) is 0 Å². The van der Waals surface area contributed by atoms with E-state index in [0.717, 1.165) is 43.5 Å². The highest BCUT2D eigenvalue weighted by Crippen LogP contribution is 2.17. The quantitative estimate of drug-likeness (QED) is 0.844. The maximum atomic E-state index is 5.68. The fraction of sp³-hybridized carbons (Fsp3) is 0.615. The molecule has 0 aromatic carbocycles. The van der Waals surface area contributed by atoms with Crippen LogP contribution in [0.25, 0.3) is 0 Å². The van der Waals surface area contributed by atoms with Crippen LogP contribution in [0.1, 0.15) is 25.0 Å². The largest absolute Gasteiger partial charge is 0.492 e. The van der Waals surface area contributed by atoms with Gasteiger partial charge < -0.3 is 10.1 Å². The van der Waals surface area contributed by atoms with Crippen LogP contribution >= 0.6 is 0 Å². The Morgan fingerprint density at radius 1 is 1.38 bits per heavy atom. The van der Waals surface area contributed by atoms with Gasteiger partial charge in [-0.3, -0.25) is 4.98 Å². The topological polar surface area (TPSA) is 34.1 Å². The minimum absolute atomic E-state index is 0.815. The van der Waals surface area contributed by atoms with Gasteiger partial charge >= 0.3 is 0 Å². The Bertz CT molecular complexity index is 304. The summed E-state index contributed by atoms with van der Waals surface area (Å²) in [5, 5.41) is 3.38. The van der Waals surface area contributed by atoms with Crippen molar-refractivity contribution < 1.29 is 4.74 Å². The lowest BCUT2D eigenvalue weighted by Crippen LogP contribution is -2.28. The van der Waals surface area contributed by atoms with E-state index in [1.807, 2.05) is 19.1 Å². The highest BCUT2D eigenvalue weighted by atomic mass is 16.5. The van der Waals surface area contributed by atoms with Crippen molar-refractivity contribution in [3.05, 3.63) is 24.0 Å². The Hall–Kier alpha value is -1.09. The van der Waals surface area contributed by atoms with Gasteiger partial charge in [-0.15, -0.1) is 0 Å². The van der Waals surface area contributed by atoms with Gasteiger partial charge in [0.25, 0.3) is 0 Å². The predicted octanol–water partition coefficient (Wildman–Crippen LogP) is 2.16. The molecule has 0 saturated carbocycles. The number of hydrogen-bond acceptors (Lipinski definition) is 3. The first kappa shape index (κ1) is 11.4.